The summed E-state index contributed by atoms with van der Waals surface area (Å²) in [7, 11) is 0. The van der Waals surface area contributed by atoms with Gasteiger partial charge in [-0.2, -0.15) is 0 Å². The van der Waals surface area contributed by atoms with Crippen molar-refractivity contribution in [2.24, 2.45) is 0 Å². The van der Waals surface area contributed by atoms with Crippen LogP contribution in [-0.4, -0.2) is 6.71 Å². The van der Waals surface area contributed by atoms with E-state index in [4.69, 9.17) is 0 Å². The predicted molar refractivity (Wildman–Crippen MR) is 106 cm³/mol. The second kappa shape index (κ2) is 5.45. The summed E-state index contributed by atoms with van der Waals surface area (Å²) in [5, 5.41) is 0. The summed E-state index contributed by atoms with van der Waals surface area (Å²) in [6, 6.07) is 0. The Morgan fingerprint density at radius 3 is 1.13 bits per heavy atom. The van der Waals surface area contributed by atoms with E-state index in [2.05, 4.69) is 62.2 Å². The van der Waals surface area contributed by atoms with E-state index in [1.54, 1.807) is 10.9 Å². The zero-order chi connectivity index (χ0) is 17.2. The molecule has 2 heteroatoms. The number of rotatable bonds is 0. The maximum absolute atomic E-state index is 2.40. The Balaban J connectivity index is 2.40. The van der Waals surface area contributed by atoms with Crippen molar-refractivity contribution in [3.8, 4) is 0 Å². The number of hydrogen-bond donors (Lipinski definition) is 0. The number of hydrogen-bond acceptors (Lipinski definition) is 1. The third kappa shape index (κ3) is 2.14. The molecule has 0 spiro atoms. The molecule has 23 heavy (non-hydrogen) atoms. The van der Waals surface area contributed by atoms with Crippen molar-refractivity contribution in [2.45, 2.75) is 72.0 Å². The molecule has 0 saturated heterocycles. The van der Waals surface area contributed by atoms with Crippen LogP contribution in [0, 0.1) is 55.4 Å². The van der Waals surface area contributed by atoms with Gasteiger partial charge in [0, 0.05) is 9.79 Å². The Kier molecular flexibility index (Phi) is 3.95. The fourth-order valence-electron chi connectivity index (χ4n) is 4.17. The summed E-state index contributed by atoms with van der Waals surface area (Å²) in [5.74, 6) is 0. The van der Waals surface area contributed by atoms with Crippen LogP contribution in [0.15, 0.2) is 9.79 Å². The highest BCUT2D eigenvalue weighted by molar-refractivity contribution is 8.00. The molecule has 0 nitrogen and oxygen atoms in total. The summed E-state index contributed by atoms with van der Waals surface area (Å²) in [4.78, 5) is 3.02. The molecule has 0 N–H and O–H groups in total. The monoisotopic (exact) mass is 322 g/mol. The van der Waals surface area contributed by atoms with Gasteiger partial charge in [0.25, 0.3) is 0 Å². The minimum absolute atomic E-state index is 0.484. The summed E-state index contributed by atoms with van der Waals surface area (Å²) in [6.45, 7) is 21.2. The lowest BCUT2D eigenvalue weighted by molar-refractivity contribution is 1.14. The van der Waals surface area contributed by atoms with Crippen LogP contribution in [0.2, 0.25) is 6.82 Å². The Hall–Kier alpha value is -1.15. The quantitative estimate of drug-likeness (QED) is 0.624. The highest BCUT2D eigenvalue weighted by Crippen LogP contribution is 2.39. The molecule has 2 aromatic carbocycles. The van der Waals surface area contributed by atoms with E-state index in [9.17, 15) is 0 Å². The van der Waals surface area contributed by atoms with Crippen LogP contribution in [0.3, 0.4) is 0 Å². The smallest absolute Gasteiger partial charge is 0.0906 e. The van der Waals surface area contributed by atoms with Gasteiger partial charge in [0.1, 0.15) is 0 Å². The van der Waals surface area contributed by atoms with Crippen LogP contribution in [0.25, 0.3) is 0 Å². The Morgan fingerprint density at radius 2 is 0.783 bits per heavy atom. The molecule has 0 unspecified atom stereocenters. The molecule has 1 aliphatic heterocycles. The molecule has 0 amide bonds. The van der Waals surface area contributed by atoms with Crippen LogP contribution in [0.4, 0.5) is 0 Å². The van der Waals surface area contributed by atoms with Crippen LogP contribution in [-0.2, 0) is 0 Å². The van der Waals surface area contributed by atoms with E-state index in [-0.39, 0.29) is 0 Å². The first-order chi connectivity index (χ1) is 10.7. The lowest BCUT2D eigenvalue weighted by Gasteiger charge is -2.32. The molecule has 0 aliphatic carbocycles. The van der Waals surface area contributed by atoms with E-state index >= 15 is 0 Å². The van der Waals surface area contributed by atoms with Gasteiger partial charge in [-0.15, -0.1) is 0 Å². The molecular weight excluding hydrogens is 295 g/mol. The Bertz CT molecular complexity index is 777. The molecule has 0 fully saturated rings. The Morgan fingerprint density at radius 1 is 0.478 bits per heavy atom. The van der Waals surface area contributed by atoms with Gasteiger partial charge < -0.3 is 0 Å². The van der Waals surface area contributed by atoms with Crippen molar-refractivity contribution >= 4 is 29.4 Å². The minimum Gasteiger partial charge on any atom is -0.0906 e. The average molecular weight is 322 g/mol. The predicted octanol–water partition coefficient (Wildman–Crippen LogP) is 4.86. The van der Waals surface area contributed by atoms with Crippen LogP contribution >= 0.6 is 11.8 Å². The molecule has 0 bridgehead atoms. The van der Waals surface area contributed by atoms with E-state index in [0.717, 1.165) is 0 Å². The van der Waals surface area contributed by atoms with Crippen molar-refractivity contribution < 1.29 is 0 Å². The van der Waals surface area contributed by atoms with Crippen LogP contribution < -0.4 is 10.9 Å². The molecule has 0 radical (unpaired) electrons. The van der Waals surface area contributed by atoms with Gasteiger partial charge >= 0.3 is 0 Å². The molecule has 0 aromatic heterocycles. The van der Waals surface area contributed by atoms with E-state index in [1.165, 1.54) is 54.3 Å². The topological polar surface area (TPSA) is 0 Å². The fraction of sp³-hybridized carbons (Fsp3) is 0.429. The van der Waals surface area contributed by atoms with Gasteiger partial charge in [-0.25, -0.2) is 0 Å². The highest BCUT2D eigenvalue weighted by atomic mass is 32.2. The maximum Gasteiger partial charge on any atom is 0.209 e. The zero-order valence-corrected chi connectivity index (χ0v) is 16.8. The maximum atomic E-state index is 2.40. The Labute approximate surface area is 146 Å². The summed E-state index contributed by atoms with van der Waals surface area (Å²) in [6.07, 6.45) is 0. The van der Waals surface area contributed by atoms with Crippen LogP contribution in [0.1, 0.15) is 44.5 Å². The SMILES string of the molecule is CB1c2c(C)c(C)c(C)c(C)c2Sc2c(C)c(C)c(C)c(C)c21. The van der Waals surface area contributed by atoms with Gasteiger partial charge in [0.15, 0.2) is 0 Å². The molecule has 2 aromatic rings. The summed E-state index contributed by atoms with van der Waals surface area (Å²) in [5.41, 5.74) is 14.9. The first-order valence-corrected chi connectivity index (χ1v) is 9.38. The first-order valence-electron chi connectivity index (χ1n) is 8.56. The lowest BCUT2D eigenvalue weighted by Crippen LogP contribution is -2.48. The summed E-state index contributed by atoms with van der Waals surface area (Å²) < 4.78 is 0. The van der Waals surface area contributed by atoms with Gasteiger partial charge in [0.05, 0.1) is 0 Å². The van der Waals surface area contributed by atoms with Crippen molar-refractivity contribution in [1.29, 1.82) is 0 Å². The van der Waals surface area contributed by atoms with Crippen molar-refractivity contribution in [3.05, 3.63) is 44.5 Å². The lowest BCUT2D eigenvalue weighted by atomic mass is 9.40. The van der Waals surface area contributed by atoms with E-state index in [0.29, 0.717) is 6.71 Å². The van der Waals surface area contributed by atoms with Crippen molar-refractivity contribution in [2.75, 3.05) is 0 Å². The van der Waals surface area contributed by atoms with Crippen molar-refractivity contribution in [3.63, 3.8) is 0 Å². The number of benzene rings is 2. The minimum atomic E-state index is 0.484. The third-order valence-corrected chi connectivity index (χ3v) is 7.88. The second-order valence-electron chi connectivity index (χ2n) is 7.31. The largest absolute Gasteiger partial charge is 0.209 e. The second-order valence-corrected chi connectivity index (χ2v) is 8.33. The van der Waals surface area contributed by atoms with Gasteiger partial charge in [-0.1, -0.05) is 40.6 Å². The van der Waals surface area contributed by atoms with E-state index < -0.39 is 0 Å². The molecule has 3 rings (SSSR count). The molecule has 120 valence electrons. The molecular formula is C21H27BS. The standard InChI is InChI=1S/C21H27BS/c1-10-12(3)16(7)20-18(14(10)5)22(9)19-15(6)11(2)13(4)17(8)21(19)23-20/h1-9H3. The van der Waals surface area contributed by atoms with Gasteiger partial charge in [-0.05, 0) is 88.8 Å². The summed E-state index contributed by atoms with van der Waals surface area (Å²) >= 11 is 2.01. The zero-order valence-electron chi connectivity index (χ0n) is 16.0. The highest BCUT2D eigenvalue weighted by Gasteiger charge is 2.33. The normalized spacial score (nSPS) is 13.2. The van der Waals surface area contributed by atoms with E-state index in [1.807, 2.05) is 11.8 Å². The van der Waals surface area contributed by atoms with Gasteiger partial charge in [-0.3, -0.25) is 0 Å². The van der Waals surface area contributed by atoms with Crippen molar-refractivity contribution in [1.82, 2.24) is 0 Å². The average Bonchev–Trinajstić information content (AvgIpc) is 2.53. The third-order valence-electron chi connectivity index (χ3n) is 6.42. The molecule has 0 atom stereocenters. The molecule has 1 aliphatic rings. The molecule has 1 heterocycles. The van der Waals surface area contributed by atoms with Crippen LogP contribution in [0.5, 0.6) is 0 Å². The first kappa shape index (κ1) is 16.7. The molecule has 0 saturated carbocycles. The van der Waals surface area contributed by atoms with Gasteiger partial charge in [0.2, 0.25) is 6.71 Å². The fourth-order valence-corrected chi connectivity index (χ4v) is 5.86. The number of fused-ring (bicyclic) bond motifs is 2.